The van der Waals surface area contributed by atoms with Crippen molar-refractivity contribution >= 4 is 34.8 Å². The number of aromatic nitrogens is 2. The second-order valence-corrected chi connectivity index (χ2v) is 7.22. The zero-order chi connectivity index (χ0) is 18.1. The van der Waals surface area contributed by atoms with E-state index in [1.54, 1.807) is 18.2 Å². The third-order valence-electron chi connectivity index (χ3n) is 4.48. The lowest BCUT2D eigenvalue weighted by molar-refractivity contribution is 0.102. The number of anilines is 1. The molecule has 0 saturated heterocycles. The number of benzene rings is 2. The highest BCUT2D eigenvalue weighted by Crippen LogP contribution is 2.29. The molecule has 26 heavy (non-hydrogen) atoms. The quantitative estimate of drug-likeness (QED) is 0.651. The number of carbonyl (C=O) groups excluding carboxylic acids is 1. The van der Waals surface area contributed by atoms with Gasteiger partial charge in [-0.15, -0.1) is 0 Å². The molecule has 1 aliphatic rings. The first-order valence-corrected chi connectivity index (χ1v) is 9.28. The number of hydrogen-bond donors (Lipinski definition) is 1. The molecule has 0 fully saturated rings. The third-order valence-corrected chi connectivity index (χ3v) is 4.92. The molecule has 1 N–H and O–H groups in total. The van der Waals surface area contributed by atoms with Crippen LogP contribution in [0.25, 0.3) is 11.3 Å². The number of hydrogen-bond acceptors (Lipinski definition) is 2. The number of nitrogens with one attached hydrogen (secondary N) is 1. The van der Waals surface area contributed by atoms with Gasteiger partial charge in [0.25, 0.3) is 5.91 Å². The van der Waals surface area contributed by atoms with E-state index in [1.807, 2.05) is 24.3 Å². The maximum Gasteiger partial charge on any atom is 0.255 e. The fourth-order valence-corrected chi connectivity index (χ4v) is 3.76. The van der Waals surface area contributed by atoms with Crippen LogP contribution >= 0.6 is 23.2 Å². The third kappa shape index (κ3) is 3.48. The van der Waals surface area contributed by atoms with E-state index >= 15 is 0 Å². The Balaban J connectivity index is 1.65. The van der Waals surface area contributed by atoms with Crippen molar-refractivity contribution in [3.63, 3.8) is 0 Å². The van der Waals surface area contributed by atoms with Crippen molar-refractivity contribution in [3.8, 4) is 11.3 Å². The minimum absolute atomic E-state index is 0.258. The predicted octanol–water partition coefficient (Wildman–Crippen LogP) is 5.45. The zero-order valence-electron chi connectivity index (χ0n) is 14.0. The normalized spacial score (nSPS) is 13.3. The molecule has 2 aromatic carbocycles. The highest BCUT2D eigenvalue weighted by atomic mass is 35.5. The average Bonchev–Trinajstić information content (AvgIpc) is 3.05. The molecule has 1 amide bonds. The molecule has 0 bridgehead atoms. The van der Waals surface area contributed by atoms with Gasteiger partial charge >= 0.3 is 0 Å². The Morgan fingerprint density at radius 3 is 2.62 bits per heavy atom. The van der Waals surface area contributed by atoms with Gasteiger partial charge in [-0.3, -0.25) is 4.79 Å². The van der Waals surface area contributed by atoms with Gasteiger partial charge in [-0.25, -0.2) is 4.98 Å². The van der Waals surface area contributed by atoms with Crippen molar-refractivity contribution in [2.75, 3.05) is 5.32 Å². The van der Waals surface area contributed by atoms with Crippen molar-refractivity contribution in [1.29, 1.82) is 0 Å². The molecule has 0 unspecified atom stereocenters. The number of rotatable bonds is 3. The number of aryl methyl sites for hydroxylation is 2. The number of nitrogens with zero attached hydrogens (tertiary/aromatic N) is 2. The Morgan fingerprint density at radius 2 is 1.85 bits per heavy atom. The van der Waals surface area contributed by atoms with Crippen molar-refractivity contribution in [2.45, 2.75) is 25.8 Å². The number of imidazole rings is 1. The molecule has 3 aromatic rings. The molecule has 1 aliphatic heterocycles. The SMILES string of the molecule is O=C(Nc1ccccc1-c1cn2c(n1)CCCC2)c1cc(Cl)cc(Cl)c1. The van der Waals surface area contributed by atoms with Crippen LogP contribution < -0.4 is 5.32 Å². The number of carbonyl (C=O) groups is 1. The van der Waals surface area contributed by atoms with E-state index in [9.17, 15) is 4.79 Å². The summed E-state index contributed by atoms with van der Waals surface area (Å²) < 4.78 is 2.20. The monoisotopic (exact) mass is 385 g/mol. The molecule has 2 heterocycles. The Hall–Kier alpha value is -2.30. The molecule has 132 valence electrons. The minimum Gasteiger partial charge on any atom is -0.334 e. The van der Waals surface area contributed by atoms with Crippen LogP contribution in [0.1, 0.15) is 29.0 Å². The maximum atomic E-state index is 12.6. The molecule has 0 radical (unpaired) electrons. The summed E-state index contributed by atoms with van der Waals surface area (Å²) in [5.74, 6) is 0.847. The van der Waals surface area contributed by atoms with Crippen LogP contribution in [0, 0.1) is 0 Å². The summed E-state index contributed by atoms with van der Waals surface area (Å²) >= 11 is 12.0. The van der Waals surface area contributed by atoms with Crippen molar-refractivity contribution in [1.82, 2.24) is 9.55 Å². The summed E-state index contributed by atoms with van der Waals surface area (Å²) in [6, 6.07) is 12.5. The largest absolute Gasteiger partial charge is 0.334 e. The lowest BCUT2D eigenvalue weighted by Crippen LogP contribution is -2.12. The molecule has 4 rings (SSSR count). The second-order valence-electron chi connectivity index (χ2n) is 6.35. The summed E-state index contributed by atoms with van der Waals surface area (Å²) in [4.78, 5) is 17.4. The average molecular weight is 386 g/mol. The molecular formula is C20H17Cl2N3O. The highest BCUT2D eigenvalue weighted by Gasteiger charge is 2.16. The number of para-hydroxylation sites is 1. The van der Waals surface area contributed by atoms with Gasteiger partial charge in [0.15, 0.2) is 0 Å². The Morgan fingerprint density at radius 1 is 1.08 bits per heavy atom. The lowest BCUT2D eigenvalue weighted by atomic mass is 10.1. The summed E-state index contributed by atoms with van der Waals surface area (Å²) in [6.07, 6.45) is 5.41. The molecular weight excluding hydrogens is 369 g/mol. The van der Waals surface area contributed by atoms with Crippen LogP contribution in [0.15, 0.2) is 48.7 Å². The van der Waals surface area contributed by atoms with Crippen molar-refractivity contribution in [2.24, 2.45) is 0 Å². The molecule has 0 spiro atoms. The van der Waals surface area contributed by atoms with Gasteiger partial charge in [-0.05, 0) is 37.1 Å². The first kappa shape index (κ1) is 17.1. The van der Waals surface area contributed by atoms with E-state index in [-0.39, 0.29) is 5.91 Å². The highest BCUT2D eigenvalue weighted by molar-refractivity contribution is 6.35. The zero-order valence-corrected chi connectivity index (χ0v) is 15.5. The van der Waals surface area contributed by atoms with Gasteiger partial charge < -0.3 is 9.88 Å². The van der Waals surface area contributed by atoms with Gasteiger partial charge in [-0.1, -0.05) is 41.4 Å². The van der Waals surface area contributed by atoms with Crippen LogP contribution in [-0.4, -0.2) is 15.5 Å². The van der Waals surface area contributed by atoms with Crippen LogP contribution in [0.2, 0.25) is 10.0 Å². The molecule has 6 heteroatoms. The number of fused-ring (bicyclic) bond motifs is 1. The van der Waals surface area contributed by atoms with E-state index in [2.05, 4.69) is 16.1 Å². The van der Waals surface area contributed by atoms with E-state index in [4.69, 9.17) is 28.2 Å². The van der Waals surface area contributed by atoms with E-state index in [1.165, 1.54) is 12.8 Å². The summed E-state index contributed by atoms with van der Waals surface area (Å²) in [5, 5.41) is 3.81. The summed E-state index contributed by atoms with van der Waals surface area (Å²) in [7, 11) is 0. The lowest BCUT2D eigenvalue weighted by Gasteiger charge is -2.11. The van der Waals surface area contributed by atoms with E-state index < -0.39 is 0 Å². The Kier molecular flexibility index (Phi) is 4.70. The van der Waals surface area contributed by atoms with Crippen LogP contribution in [-0.2, 0) is 13.0 Å². The van der Waals surface area contributed by atoms with Crippen molar-refractivity contribution in [3.05, 3.63) is 70.1 Å². The van der Waals surface area contributed by atoms with Crippen molar-refractivity contribution < 1.29 is 4.79 Å². The molecule has 4 nitrogen and oxygen atoms in total. The summed E-state index contributed by atoms with van der Waals surface area (Å²) in [5.41, 5.74) is 2.91. The predicted molar refractivity (Wildman–Crippen MR) is 105 cm³/mol. The first-order valence-electron chi connectivity index (χ1n) is 8.53. The molecule has 0 saturated carbocycles. The molecule has 0 aliphatic carbocycles. The van der Waals surface area contributed by atoms with Gasteiger partial charge in [0.2, 0.25) is 0 Å². The Labute approximate surface area is 161 Å². The van der Waals surface area contributed by atoms with Gasteiger partial charge in [0.1, 0.15) is 5.82 Å². The van der Waals surface area contributed by atoms with Crippen LogP contribution in [0.3, 0.4) is 0 Å². The standard InChI is InChI=1S/C20H17Cl2N3O/c21-14-9-13(10-15(22)11-14)20(26)24-17-6-2-1-5-16(17)18-12-25-8-4-3-7-19(25)23-18/h1-2,5-6,9-12H,3-4,7-8H2,(H,24,26). The smallest absolute Gasteiger partial charge is 0.255 e. The fraction of sp³-hybridized carbons (Fsp3) is 0.200. The maximum absolute atomic E-state index is 12.6. The molecule has 1 aromatic heterocycles. The van der Waals surface area contributed by atoms with Gasteiger partial charge in [0.05, 0.1) is 11.4 Å². The topological polar surface area (TPSA) is 46.9 Å². The molecule has 0 atom stereocenters. The van der Waals surface area contributed by atoms with Crippen LogP contribution in [0.5, 0.6) is 0 Å². The van der Waals surface area contributed by atoms with Gasteiger partial charge in [-0.2, -0.15) is 0 Å². The number of amides is 1. The fourth-order valence-electron chi connectivity index (χ4n) is 3.24. The number of halogens is 2. The van der Waals surface area contributed by atoms with Gasteiger partial charge in [0, 0.05) is 40.3 Å². The van der Waals surface area contributed by atoms with Crippen LogP contribution in [0.4, 0.5) is 5.69 Å². The summed E-state index contributed by atoms with van der Waals surface area (Å²) in [6.45, 7) is 0.998. The first-order chi connectivity index (χ1) is 12.6. The minimum atomic E-state index is -0.258. The second kappa shape index (κ2) is 7.14. The van der Waals surface area contributed by atoms with E-state index in [0.717, 1.165) is 30.0 Å². The Bertz CT molecular complexity index is 937. The van der Waals surface area contributed by atoms with E-state index in [0.29, 0.717) is 21.3 Å².